The molecule has 15 amide bonds. The molecule has 1 aromatic heterocycles. The van der Waals surface area contributed by atoms with Gasteiger partial charge in [0, 0.05) is 118 Å². The predicted octanol–water partition coefficient (Wildman–Crippen LogP) is 6.32. The zero-order valence-electron chi connectivity index (χ0n) is 70.7. The molecular formula is C92H95ClN18O18S. The Morgan fingerprint density at radius 2 is 1.28 bits per heavy atom. The number of carbonyl (C=O) groups excluding carboxylic acids is 14. The van der Waals surface area contributed by atoms with Crippen LogP contribution in [0, 0.1) is 11.8 Å². The van der Waals surface area contributed by atoms with Gasteiger partial charge >= 0.3 is 12.1 Å². The smallest absolute Gasteiger partial charge is 0.410 e. The number of hydrogen-bond donors (Lipinski definition) is 12. The van der Waals surface area contributed by atoms with Crippen LogP contribution < -0.4 is 63.8 Å². The van der Waals surface area contributed by atoms with Gasteiger partial charge in [-0.1, -0.05) is 139 Å². The maximum Gasteiger partial charge on any atom is 0.410 e. The molecule has 0 spiro atoms. The van der Waals surface area contributed by atoms with Crippen LogP contribution in [0.2, 0.25) is 5.02 Å². The monoisotopic (exact) mass is 1810 g/mol. The number of hydrogen-bond acceptors (Lipinski definition) is 22. The minimum absolute atomic E-state index is 0.105. The van der Waals surface area contributed by atoms with Crippen LogP contribution in [0.3, 0.4) is 0 Å². The number of piperidine rings is 1. The molecule has 3 fully saturated rings. The van der Waals surface area contributed by atoms with Crippen molar-refractivity contribution in [1.29, 1.82) is 0 Å². The Hall–Kier alpha value is -14.9. The number of imide groups is 2. The maximum atomic E-state index is 15.0. The molecule has 1 aliphatic carbocycles. The van der Waals surface area contributed by atoms with E-state index in [2.05, 4.69) is 79.9 Å². The Balaban J connectivity index is 0.656. The fourth-order valence-corrected chi connectivity index (χ4v) is 16.7. The van der Waals surface area contributed by atoms with Gasteiger partial charge in [-0.05, 0) is 140 Å². The zero-order valence-corrected chi connectivity index (χ0v) is 72.3. The molecule has 5 aliphatic rings. The van der Waals surface area contributed by atoms with Gasteiger partial charge in [0.05, 0.1) is 23.9 Å². The molecule has 2 unspecified atom stereocenters. The third-order valence-corrected chi connectivity index (χ3v) is 23.8. The van der Waals surface area contributed by atoms with Crippen LogP contribution in [-0.2, 0) is 81.5 Å². The van der Waals surface area contributed by atoms with Crippen molar-refractivity contribution in [1.82, 2.24) is 66.8 Å². The molecule has 7 aromatic carbocycles. The number of urea groups is 1. The van der Waals surface area contributed by atoms with E-state index in [4.69, 9.17) is 22.1 Å². The lowest BCUT2D eigenvalue weighted by Crippen LogP contribution is -2.58. The summed E-state index contributed by atoms with van der Waals surface area (Å²) in [6, 6.07) is 44.6. The van der Waals surface area contributed by atoms with E-state index < -0.39 is 142 Å². The largest absolute Gasteiger partial charge is 0.445 e. The summed E-state index contributed by atoms with van der Waals surface area (Å²) in [5.74, 6) is -3.71. The Kier molecular flexibility index (Phi) is 30.1. The van der Waals surface area contributed by atoms with Crippen molar-refractivity contribution in [3.05, 3.63) is 250 Å². The summed E-state index contributed by atoms with van der Waals surface area (Å²) in [5.41, 5.74) is 10.8. The standard InChI is InChI=1S/C92H95ClN18O18S/c1-56(97-86(121)74(55-130(126,127)128)101-77(113)43-45-110-79(115)41-42-80(110)116)83(118)96-57(2)84(119)103-73(51-78(114)106-92(61-17-6-3-7-18-61,62-19-8-4-9-20-62)63-21-10-5-11-22-63)85(120)98-64-28-25-59(26-29-64)54-129-91(125)109(44-15-14-16-58-27-38-69-60(50-58)53-111(88(69)123)75-39-40-76(112)104-87(75)122)68-36-32-66(33-37-68)100-90(124)108-48-46-107(47-49-108)67-34-30-65(31-35-67)99-89-95-52-71(93)82(105-89)102-72-24-13-12-23-70(72)81(94)117/h3-13,17-31,34-35,38,41-42,50,52,56-57,66,68,73-75H,15,32-33,36-37,39-40,43-49,51,53-55H2,1-2H3,(H2,94,117)(H,96,118)(H,97,121)(H,98,120)(H,100,124)(H,101,113)(H,103,119)(H,106,114)(H,104,112,122)(H,126,127,128)(H2,95,99,102,105)/t56-,57-,66?,68?,73?,74-,75?/m0/s1. The Morgan fingerprint density at radius 3 is 1.91 bits per heavy atom. The molecule has 2 saturated heterocycles. The number of piperazine rings is 1. The highest BCUT2D eigenvalue weighted by atomic mass is 35.5. The zero-order chi connectivity index (χ0) is 92.3. The molecule has 0 radical (unpaired) electrons. The van der Waals surface area contributed by atoms with Crippen molar-refractivity contribution in [3.63, 3.8) is 0 Å². The normalized spacial score (nSPS) is 17.0. The molecule has 8 aromatic rings. The fraction of sp³-hybridized carbons (Fsp3) is 0.304. The molecule has 13 rings (SSSR count). The van der Waals surface area contributed by atoms with Gasteiger partial charge in [0.1, 0.15) is 53.1 Å². The fourth-order valence-electron chi connectivity index (χ4n) is 15.9. The predicted molar refractivity (Wildman–Crippen MR) is 477 cm³/mol. The summed E-state index contributed by atoms with van der Waals surface area (Å²) in [6.45, 7) is 4.01. The van der Waals surface area contributed by atoms with Crippen LogP contribution in [0.4, 0.5) is 44.1 Å². The van der Waals surface area contributed by atoms with Crippen molar-refractivity contribution < 1.29 is 84.8 Å². The molecule has 4 aliphatic heterocycles. The molecular weight excluding hydrogens is 1710 g/mol. The van der Waals surface area contributed by atoms with Crippen molar-refractivity contribution in [2.24, 2.45) is 5.73 Å². The van der Waals surface area contributed by atoms with Gasteiger partial charge in [-0.15, -0.1) is 0 Å². The van der Waals surface area contributed by atoms with Crippen molar-refractivity contribution >= 4 is 139 Å². The summed E-state index contributed by atoms with van der Waals surface area (Å²) in [4.78, 5) is 204. The number of anilines is 6. The summed E-state index contributed by atoms with van der Waals surface area (Å²) in [5, 5.41) is 27.4. The van der Waals surface area contributed by atoms with Crippen molar-refractivity contribution in [2.75, 3.05) is 65.9 Å². The topological polar surface area (TPSA) is 491 Å². The van der Waals surface area contributed by atoms with Crippen LogP contribution in [0.1, 0.15) is 126 Å². The van der Waals surface area contributed by atoms with E-state index >= 15 is 4.79 Å². The van der Waals surface area contributed by atoms with Gasteiger partial charge in [-0.2, -0.15) is 13.4 Å². The van der Waals surface area contributed by atoms with Crippen LogP contribution in [0.25, 0.3) is 0 Å². The number of nitrogens with one attached hydrogen (secondary N) is 10. The molecule has 13 N–H and O–H groups in total. The number of primary amides is 1. The first kappa shape index (κ1) is 92.8. The first-order chi connectivity index (χ1) is 62.4. The molecule has 36 nitrogen and oxygen atoms in total. The van der Waals surface area contributed by atoms with Crippen LogP contribution in [-0.4, -0.2) is 213 Å². The number of rotatable bonds is 33. The second-order valence-electron chi connectivity index (χ2n) is 31.7. The highest BCUT2D eigenvalue weighted by Crippen LogP contribution is 2.38. The number of nitrogens with zero attached hydrogens (tertiary/aromatic N) is 7. The van der Waals surface area contributed by atoms with Gasteiger partial charge < -0.3 is 77.9 Å². The van der Waals surface area contributed by atoms with Gasteiger partial charge in [-0.3, -0.25) is 72.3 Å². The minimum Gasteiger partial charge on any atom is -0.445 e. The summed E-state index contributed by atoms with van der Waals surface area (Å²) < 4.78 is 39.9. The van der Waals surface area contributed by atoms with Crippen LogP contribution in [0.15, 0.2) is 200 Å². The number of carbonyl (C=O) groups is 14. The molecule has 38 heteroatoms. The van der Waals surface area contributed by atoms with E-state index in [9.17, 15) is 75.3 Å². The highest BCUT2D eigenvalue weighted by molar-refractivity contribution is 7.85. The number of nitrogens with two attached hydrogens (primary N) is 1. The molecule has 5 atom stereocenters. The minimum atomic E-state index is -4.97. The van der Waals surface area contributed by atoms with E-state index in [1.165, 1.54) is 30.2 Å². The summed E-state index contributed by atoms with van der Waals surface area (Å²) in [7, 11) is -4.97. The first-order valence-corrected chi connectivity index (χ1v) is 44.0. The SMILES string of the molecule is C[C@H](NC(=O)[C@H](C)NC(=O)[C@H](CS(=O)(=O)O)NC(=O)CCN1C(=O)C=CC1=O)C(=O)NC(CC(=O)NC(c1ccccc1)(c1ccccc1)c1ccccc1)C(=O)Nc1ccc(COC(=O)N(CCC#Cc2ccc3c(c2)CN(C2CCC(=O)NC2=O)C3=O)C2CCC(NC(=O)N3CCN(c4ccc(Nc5ncc(Cl)c(Nc6ccccc6C(N)=O)n5)cc4)CC3)CC2)cc1. The van der Waals surface area contributed by atoms with Gasteiger partial charge in [-0.25, -0.2) is 14.6 Å². The highest BCUT2D eigenvalue weighted by Gasteiger charge is 2.43. The lowest BCUT2D eigenvalue weighted by molar-refractivity contribution is -0.139. The van der Waals surface area contributed by atoms with E-state index in [1.54, 1.807) is 101 Å². The number of fused-ring (bicyclic) bond motifs is 1. The quantitative estimate of drug-likeness (QED) is 0.00926. The van der Waals surface area contributed by atoms with E-state index in [1.807, 2.05) is 78.9 Å². The molecule has 130 heavy (non-hydrogen) atoms. The number of halogens is 1. The third kappa shape index (κ3) is 23.7. The summed E-state index contributed by atoms with van der Waals surface area (Å²) >= 11 is 6.43. The lowest BCUT2D eigenvalue weighted by Gasteiger charge is -2.39. The van der Waals surface area contributed by atoms with E-state index in [-0.39, 0.29) is 91.0 Å². The van der Waals surface area contributed by atoms with Crippen LogP contribution in [0.5, 0.6) is 0 Å². The molecule has 5 heterocycles. The Bertz CT molecular complexity index is 5740. The third-order valence-electron chi connectivity index (χ3n) is 22.7. The Labute approximate surface area is 752 Å². The van der Waals surface area contributed by atoms with Crippen molar-refractivity contribution in [3.8, 4) is 11.8 Å². The lowest BCUT2D eigenvalue weighted by atomic mass is 9.77. The van der Waals surface area contributed by atoms with Gasteiger partial charge in [0.15, 0.2) is 5.82 Å². The van der Waals surface area contributed by atoms with Crippen LogP contribution >= 0.6 is 11.6 Å². The maximum absolute atomic E-state index is 15.0. The number of para-hydroxylation sites is 1. The molecule has 1 saturated carbocycles. The second-order valence-corrected chi connectivity index (χ2v) is 33.6. The number of amides is 15. The molecule has 0 bridgehead atoms. The Morgan fingerprint density at radius 1 is 0.677 bits per heavy atom. The van der Waals surface area contributed by atoms with E-state index in [0.717, 1.165) is 29.7 Å². The summed E-state index contributed by atoms with van der Waals surface area (Å²) in [6.07, 6.45) is 4.01. The van der Waals surface area contributed by atoms with Crippen molar-refractivity contribution in [2.45, 2.75) is 133 Å². The van der Waals surface area contributed by atoms with E-state index in [0.29, 0.717) is 102 Å². The second kappa shape index (κ2) is 42.1. The molecule has 674 valence electrons. The number of ether oxygens (including phenoxy) is 1. The average Bonchev–Trinajstić information content (AvgIpc) is 0.946. The number of benzene rings is 7. The van der Waals surface area contributed by atoms with Gasteiger partial charge in [0.2, 0.25) is 53.2 Å². The first-order valence-electron chi connectivity index (χ1n) is 42.0. The average molecular weight is 1810 g/mol. The number of aromatic nitrogens is 2. The van der Waals surface area contributed by atoms with Gasteiger partial charge in [0.25, 0.3) is 33.7 Å².